The lowest BCUT2D eigenvalue weighted by atomic mass is 10.0. The minimum absolute atomic E-state index is 0.0442. The first-order valence-electron chi connectivity index (χ1n) is 18.5. The monoisotopic (exact) mass is 780 g/mol. The highest BCUT2D eigenvalue weighted by Gasteiger charge is 2.22. The second-order valence-electron chi connectivity index (χ2n) is 14.0. The number of rotatable bonds is 32. The molecule has 0 aliphatic carbocycles. The van der Waals surface area contributed by atoms with Crippen molar-refractivity contribution in [3.8, 4) is 0 Å². The lowest BCUT2D eigenvalue weighted by Crippen LogP contribution is -2.43. The Morgan fingerprint density at radius 1 is 0.537 bits per heavy atom. The van der Waals surface area contributed by atoms with E-state index in [1.54, 1.807) is 48.6 Å². The Labute approximate surface area is 321 Å². The van der Waals surface area contributed by atoms with Crippen LogP contribution in [0.15, 0.2) is 0 Å². The van der Waals surface area contributed by atoms with Crippen LogP contribution in [0.5, 0.6) is 0 Å². The van der Waals surface area contributed by atoms with Crippen molar-refractivity contribution >= 4 is 29.8 Å². The molecule has 4 N–H and O–H groups in total. The predicted octanol–water partition coefficient (Wildman–Crippen LogP) is 1.90. The molecule has 0 aromatic heterocycles. The molecule has 18 heteroatoms. The van der Waals surface area contributed by atoms with E-state index in [1.807, 2.05) is 0 Å². The summed E-state index contributed by atoms with van der Waals surface area (Å²) >= 11 is 0. The van der Waals surface area contributed by atoms with Gasteiger partial charge >= 0.3 is 18.2 Å². The zero-order valence-electron chi connectivity index (χ0n) is 33.8. The van der Waals surface area contributed by atoms with E-state index in [1.165, 1.54) is 7.11 Å². The highest BCUT2D eigenvalue weighted by molar-refractivity contribution is 5.85. The standard InChI is InChI=1S/C36H68N4O14/c1-35(2,3)53-33(44)38-14-16-47-18-20-49-22-24-51-26-30(41)28(37-7)12-10-9-11-13-29(32(43)46-8)40-31(42)27-52-25-23-50-21-19-48-17-15-39-34(45)54-36(4,5)6/h28-29,37H,9-27H2,1-8H3,(H,38,44)(H,39,45)(H,40,42). The van der Waals surface area contributed by atoms with Crippen LogP contribution in [0.2, 0.25) is 0 Å². The summed E-state index contributed by atoms with van der Waals surface area (Å²) in [6, 6.07) is -1.18. The number of carbonyl (C=O) groups excluding carboxylic acids is 5. The van der Waals surface area contributed by atoms with Crippen LogP contribution in [0, 0.1) is 0 Å². The molecule has 54 heavy (non-hydrogen) atoms. The lowest BCUT2D eigenvalue weighted by molar-refractivity contribution is -0.146. The molecule has 0 heterocycles. The lowest BCUT2D eigenvalue weighted by Gasteiger charge is -2.19. The number of hydrogen-bond acceptors (Lipinski definition) is 15. The van der Waals surface area contributed by atoms with Crippen molar-refractivity contribution in [3.63, 3.8) is 0 Å². The molecule has 0 radical (unpaired) electrons. The molecule has 2 unspecified atom stereocenters. The van der Waals surface area contributed by atoms with Gasteiger partial charge in [-0.3, -0.25) is 9.59 Å². The number of likely N-dealkylation sites (N-methyl/N-ethyl adjacent to an activating group) is 1. The summed E-state index contributed by atoms with van der Waals surface area (Å²) in [4.78, 5) is 60.3. The van der Waals surface area contributed by atoms with Crippen LogP contribution < -0.4 is 21.3 Å². The first-order valence-corrected chi connectivity index (χ1v) is 18.5. The Morgan fingerprint density at radius 2 is 0.944 bits per heavy atom. The Balaban J connectivity index is 3.96. The number of hydrogen-bond donors (Lipinski definition) is 4. The van der Waals surface area contributed by atoms with Gasteiger partial charge in [-0.15, -0.1) is 0 Å². The predicted molar refractivity (Wildman–Crippen MR) is 198 cm³/mol. The molecule has 18 nitrogen and oxygen atoms in total. The van der Waals surface area contributed by atoms with Crippen LogP contribution in [-0.2, 0) is 57.0 Å². The molecular weight excluding hydrogens is 712 g/mol. The fraction of sp³-hybridized carbons (Fsp3) is 0.861. The molecule has 0 aliphatic heterocycles. The van der Waals surface area contributed by atoms with E-state index in [9.17, 15) is 24.0 Å². The summed E-state index contributed by atoms with van der Waals surface area (Å²) in [5, 5.41) is 10.9. The average molecular weight is 781 g/mol. The van der Waals surface area contributed by atoms with Crippen molar-refractivity contribution in [1.82, 2.24) is 21.3 Å². The van der Waals surface area contributed by atoms with Crippen LogP contribution in [0.3, 0.4) is 0 Å². The van der Waals surface area contributed by atoms with Crippen LogP contribution in [0.1, 0.15) is 73.6 Å². The molecule has 2 atom stereocenters. The number of amides is 3. The molecule has 3 amide bonds. The van der Waals surface area contributed by atoms with E-state index in [4.69, 9.17) is 42.6 Å². The third-order valence-corrected chi connectivity index (χ3v) is 6.84. The van der Waals surface area contributed by atoms with E-state index in [-0.39, 0.29) is 44.9 Å². The zero-order valence-corrected chi connectivity index (χ0v) is 33.8. The van der Waals surface area contributed by atoms with Crippen LogP contribution >= 0.6 is 0 Å². The van der Waals surface area contributed by atoms with Gasteiger partial charge in [0.1, 0.15) is 30.5 Å². The number of Topliss-reactive ketones (excluding diaryl/α,β-unsaturated/α-hetero) is 1. The fourth-order valence-electron chi connectivity index (χ4n) is 4.36. The molecule has 0 aliphatic rings. The quantitative estimate of drug-likeness (QED) is 0.0436. The van der Waals surface area contributed by atoms with Crippen LogP contribution in [0.25, 0.3) is 0 Å². The third-order valence-electron chi connectivity index (χ3n) is 6.84. The van der Waals surface area contributed by atoms with Crippen molar-refractivity contribution < 1.29 is 66.6 Å². The second kappa shape index (κ2) is 31.1. The largest absolute Gasteiger partial charge is 0.467 e. The number of ketones is 1. The van der Waals surface area contributed by atoms with Gasteiger partial charge in [-0.25, -0.2) is 14.4 Å². The van der Waals surface area contributed by atoms with Crippen molar-refractivity contribution in [2.24, 2.45) is 0 Å². The number of alkyl carbamates (subject to hydrolysis) is 2. The first-order chi connectivity index (χ1) is 25.6. The second-order valence-corrected chi connectivity index (χ2v) is 14.0. The van der Waals surface area contributed by atoms with Gasteiger partial charge in [0.15, 0.2) is 5.78 Å². The number of carbonyl (C=O) groups is 5. The summed E-state index contributed by atoms with van der Waals surface area (Å²) in [6.45, 7) is 14.1. The Morgan fingerprint density at radius 3 is 1.37 bits per heavy atom. The summed E-state index contributed by atoms with van der Waals surface area (Å²) in [6.07, 6.45) is 2.08. The smallest absolute Gasteiger partial charge is 0.407 e. The normalized spacial score (nSPS) is 12.7. The Hall–Kier alpha value is -3.13. The summed E-state index contributed by atoms with van der Waals surface area (Å²) < 4.78 is 47.5. The molecule has 0 aromatic rings. The van der Waals surface area contributed by atoms with Crippen molar-refractivity contribution in [2.45, 2.75) is 96.9 Å². The maximum Gasteiger partial charge on any atom is 0.407 e. The van der Waals surface area contributed by atoms with E-state index >= 15 is 0 Å². The van der Waals surface area contributed by atoms with E-state index in [0.717, 1.165) is 12.8 Å². The molecule has 0 fully saturated rings. The minimum Gasteiger partial charge on any atom is -0.467 e. The zero-order chi connectivity index (χ0) is 40.7. The molecule has 0 bridgehead atoms. The van der Waals surface area contributed by atoms with Gasteiger partial charge in [0.2, 0.25) is 5.91 Å². The fourth-order valence-corrected chi connectivity index (χ4v) is 4.36. The number of esters is 1. The average Bonchev–Trinajstić information content (AvgIpc) is 3.08. The van der Waals surface area contributed by atoms with E-state index < -0.39 is 41.3 Å². The van der Waals surface area contributed by atoms with E-state index in [0.29, 0.717) is 78.6 Å². The number of unbranched alkanes of at least 4 members (excludes halogenated alkanes) is 2. The highest BCUT2D eigenvalue weighted by Crippen LogP contribution is 2.10. The van der Waals surface area contributed by atoms with Crippen molar-refractivity contribution in [1.29, 1.82) is 0 Å². The van der Waals surface area contributed by atoms with Gasteiger partial charge in [-0.1, -0.05) is 19.3 Å². The summed E-state index contributed by atoms with van der Waals surface area (Å²) in [7, 11) is 2.98. The first kappa shape index (κ1) is 50.9. The third kappa shape index (κ3) is 32.3. The summed E-state index contributed by atoms with van der Waals surface area (Å²) in [5.41, 5.74) is -1.11. The van der Waals surface area contributed by atoms with Crippen molar-refractivity contribution in [3.05, 3.63) is 0 Å². The molecule has 0 rings (SSSR count). The van der Waals surface area contributed by atoms with Crippen LogP contribution in [0.4, 0.5) is 9.59 Å². The highest BCUT2D eigenvalue weighted by atomic mass is 16.6. The maximum absolute atomic E-state index is 12.6. The van der Waals surface area contributed by atoms with Gasteiger partial charge in [0.25, 0.3) is 0 Å². The number of nitrogens with one attached hydrogen (secondary N) is 4. The number of methoxy groups -OCH3 is 1. The Kier molecular flexibility index (Phi) is 29.3. The molecule has 0 saturated heterocycles. The van der Waals surface area contributed by atoms with Gasteiger partial charge in [0.05, 0.1) is 79.2 Å². The van der Waals surface area contributed by atoms with Crippen molar-refractivity contribution in [2.75, 3.05) is 107 Å². The topological polar surface area (TPSA) is 217 Å². The SMILES string of the molecule is CNC(CCCCCC(NC(=O)COCCOCCOCCNC(=O)OC(C)(C)C)C(=O)OC)C(=O)COCCOCCOCCNC(=O)OC(C)(C)C. The van der Waals surface area contributed by atoms with Gasteiger partial charge in [-0.2, -0.15) is 0 Å². The van der Waals surface area contributed by atoms with Gasteiger partial charge in [-0.05, 0) is 61.4 Å². The summed E-state index contributed by atoms with van der Waals surface area (Å²) in [5.74, 6) is -1.06. The minimum atomic E-state index is -0.811. The number of ether oxygens (including phenoxy) is 9. The van der Waals surface area contributed by atoms with Gasteiger partial charge < -0.3 is 63.9 Å². The maximum atomic E-state index is 12.6. The molecule has 316 valence electrons. The van der Waals surface area contributed by atoms with Gasteiger partial charge in [0, 0.05) is 13.1 Å². The molecular formula is C36H68N4O14. The Bertz CT molecular complexity index is 1040. The van der Waals surface area contributed by atoms with Crippen LogP contribution in [-0.4, -0.2) is 160 Å². The molecule has 0 saturated carbocycles. The van der Waals surface area contributed by atoms with E-state index in [2.05, 4.69) is 21.3 Å². The molecule has 0 aromatic carbocycles. The molecule has 0 spiro atoms.